The van der Waals surface area contributed by atoms with Crippen molar-refractivity contribution in [3.63, 3.8) is 0 Å². The first-order valence-corrected chi connectivity index (χ1v) is 10.1. The fourth-order valence-electron chi connectivity index (χ4n) is 2.75. The standard InChI is InChI=1S/C18H20ClN3O3S/c1-14-7-8-15(13-17(14)19)20-18(23)21-9-11-22(12-10-21)26(24,25)16-5-3-2-4-6-16/h2-8,13H,9-12H2,1H3,(H,20,23). The number of carbonyl (C=O) groups is 1. The number of piperazine rings is 1. The minimum atomic E-state index is -3.52. The molecule has 2 amide bonds. The molecule has 0 saturated carbocycles. The molecule has 138 valence electrons. The Morgan fingerprint density at radius 1 is 1.04 bits per heavy atom. The molecular weight excluding hydrogens is 374 g/mol. The normalized spacial score (nSPS) is 15.7. The monoisotopic (exact) mass is 393 g/mol. The maximum atomic E-state index is 12.6. The zero-order chi connectivity index (χ0) is 18.7. The number of benzene rings is 2. The number of nitrogens with one attached hydrogen (secondary N) is 1. The molecule has 6 nitrogen and oxygen atoms in total. The molecule has 2 aromatic rings. The van der Waals surface area contributed by atoms with E-state index in [2.05, 4.69) is 5.32 Å². The van der Waals surface area contributed by atoms with Crippen LogP contribution in [0.4, 0.5) is 10.5 Å². The van der Waals surface area contributed by atoms with Gasteiger partial charge in [0.1, 0.15) is 0 Å². The van der Waals surface area contributed by atoms with E-state index in [0.717, 1.165) is 5.56 Å². The summed E-state index contributed by atoms with van der Waals surface area (Å²) in [4.78, 5) is 14.3. The summed E-state index contributed by atoms with van der Waals surface area (Å²) < 4.78 is 26.6. The number of hydrogen-bond acceptors (Lipinski definition) is 3. The lowest BCUT2D eigenvalue weighted by molar-refractivity contribution is 0.184. The summed E-state index contributed by atoms with van der Waals surface area (Å²) in [5.41, 5.74) is 1.55. The molecule has 1 aliphatic rings. The number of amides is 2. The number of urea groups is 1. The number of halogens is 1. The number of nitrogens with zero attached hydrogens (tertiary/aromatic N) is 2. The molecule has 1 aliphatic heterocycles. The summed E-state index contributed by atoms with van der Waals surface area (Å²) in [6.45, 7) is 3.08. The van der Waals surface area contributed by atoms with Crippen LogP contribution in [0, 0.1) is 6.92 Å². The Hall–Kier alpha value is -2.09. The van der Waals surface area contributed by atoms with Crippen molar-refractivity contribution in [2.24, 2.45) is 0 Å². The minimum Gasteiger partial charge on any atom is -0.322 e. The molecule has 1 N–H and O–H groups in total. The van der Waals surface area contributed by atoms with Crippen LogP contribution in [0.3, 0.4) is 0 Å². The van der Waals surface area contributed by atoms with Crippen molar-refractivity contribution in [3.05, 3.63) is 59.1 Å². The van der Waals surface area contributed by atoms with Gasteiger partial charge in [0.2, 0.25) is 10.0 Å². The van der Waals surface area contributed by atoms with Gasteiger partial charge in [-0.25, -0.2) is 13.2 Å². The van der Waals surface area contributed by atoms with Crippen LogP contribution in [0.15, 0.2) is 53.4 Å². The van der Waals surface area contributed by atoms with Crippen LogP contribution in [0.2, 0.25) is 5.02 Å². The highest BCUT2D eigenvalue weighted by Crippen LogP contribution is 2.21. The minimum absolute atomic E-state index is 0.262. The quantitative estimate of drug-likeness (QED) is 0.870. The van der Waals surface area contributed by atoms with E-state index < -0.39 is 10.0 Å². The molecule has 2 aromatic carbocycles. The maximum Gasteiger partial charge on any atom is 0.321 e. The van der Waals surface area contributed by atoms with E-state index in [0.29, 0.717) is 23.8 Å². The highest BCUT2D eigenvalue weighted by Gasteiger charge is 2.30. The summed E-state index contributed by atoms with van der Waals surface area (Å²) in [5, 5.41) is 3.38. The van der Waals surface area contributed by atoms with Gasteiger partial charge in [-0.1, -0.05) is 35.9 Å². The van der Waals surface area contributed by atoms with E-state index in [-0.39, 0.29) is 24.0 Å². The lowest BCUT2D eigenvalue weighted by Crippen LogP contribution is -2.51. The summed E-state index contributed by atoms with van der Waals surface area (Å²) >= 11 is 6.07. The van der Waals surface area contributed by atoms with E-state index in [1.54, 1.807) is 47.4 Å². The second-order valence-electron chi connectivity index (χ2n) is 6.10. The molecule has 1 fully saturated rings. The van der Waals surface area contributed by atoms with Gasteiger partial charge in [0.25, 0.3) is 0 Å². The van der Waals surface area contributed by atoms with E-state index in [4.69, 9.17) is 11.6 Å². The predicted molar refractivity (Wildman–Crippen MR) is 102 cm³/mol. The Labute approximate surface area is 158 Å². The SMILES string of the molecule is Cc1ccc(NC(=O)N2CCN(S(=O)(=O)c3ccccc3)CC2)cc1Cl. The summed E-state index contributed by atoms with van der Waals surface area (Å²) in [5.74, 6) is 0. The zero-order valence-corrected chi connectivity index (χ0v) is 15.9. The molecule has 0 unspecified atom stereocenters. The van der Waals surface area contributed by atoms with Crippen LogP contribution in [0.5, 0.6) is 0 Å². The molecule has 0 aromatic heterocycles. The molecule has 26 heavy (non-hydrogen) atoms. The van der Waals surface area contributed by atoms with Crippen molar-refractivity contribution >= 4 is 33.3 Å². The largest absolute Gasteiger partial charge is 0.322 e. The molecule has 0 aliphatic carbocycles. The lowest BCUT2D eigenvalue weighted by Gasteiger charge is -2.34. The van der Waals surface area contributed by atoms with Crippen molar-refractivity contribution in [2.45, 2.75) is 11.8 Å². The smallest absolute Gasteiger partial charge is 0.321 e. The molecule has 1 heterocycles. The third-order valence-electron chi connectivity index (χ3n) is 4.33. The predicted octanol–water partition coefficient (Wildman–Crippen LogP) is 3.19. The van der Waals surface area contributed by atoms with Crippen LogP contribution < -0.4 is 5.32 Å². The van der Waals surface area contributed by atoms with E-state index in [1.807, 2.05) is 13.0 Å². The van der Waals surface area contributed by atoms with Gasteiger partial charge in [-0.15, -0.1) is 0 Å². The van der Waals surface area contributed by atoms with Crippen LogP contribution in [0.25, 0.3) is 0 Å². The first kappa shape index (κ1) is 18.7. The molecule has 1 saturated heterocycles. The van der Waals surface area contributed by atoms with Crippen molar-refractivity contribution in [1.82, 2.24) is 9.21 Å². The lowest BCUT2D eigenvalue weighted by atomic mass is 10.2. The second-order valence-corrected chi connectivity index (χ2v) is 8.44. The second kappa shape index (κ2) is 7.65. The van der Waals surface area contributed by atoms with Crippen molar-refractivity contribution in [3.8, 4) is 0 Å². The molecule has 0 bridgehead atoms. The Morgan fingerprint density at radius 2 is 1.69 bits per heavy atom. The topological polar surface area (TPSA) is 69.7 Å². The van der Waals surface area contributed by atoms with E-state index in [9.17, 15) is 13.2 Å². The summed E-state index contributed by atoms with van der Waals surface area (Å²) in [6, 6.07) is 13.4. The fourth-order valence-corrected chi connectivity index (χ4v) is 4.37. The molecule has 0 radical (unpaired) electrons. The van der Waals surface area contributed by atoms with Crippen molar-refractivity contribution in [1.29, 1.82) is 0 Å². The van der Waals surface area contributed by atoms with Crippen LogP contribution in [0.1, 0.15) is 5.56 Å². The van der Waals surface area contributed by atoms with Gasteiger partial charge in [0, 0.05) is 36.9 Å². The maximum absolute atomic E-state index is 12.6. The third-order valence-corrected chi connectivity index (χ3v) is 6.65. The average Bonchev–Trinajstić information content (AvgIpc) is 2.65. The fraction of sp³-hybridized carbons (Fsp3) is 0.278. The van der Waals surface area contributed by atoms with Gasteiger partial charge < -0.3 is 10.2 Å². The molecule has 3 rings (SSSR count). The first-order valence-electron chi connectivity index (χ1n) is 8.25. The molecular formula is C18H20ClN3O3S. The Morgan fingerprint density at radius 3 is 2.31 bits per heavy atom. The van der Waals surface area contributed by atoms with Gasteiger partial charge in [-0.05, 0) is 36.8 Å². The Balaban J connectivity index is 1.61. The Bertz CT molecular complexity index is 895. The van der Waals surface area contributed by atoms with Gasteiger partial charge in [0.05, 0.1) is 4.90 Å². The van der Waals surface area contributed by atoms with Gasteiger partial charge in [-0.3, -0.25) is 0 Å². The number of hydrogen-bond donors (Lipinski definition) is 1. The summed E-state index contributed by atoms with van der Waals surface area (Å²) in [6.07, 6.45) is 0. The van der Waals surface area contributed by atoms with Crippen molar-refractivity contribution in [2.75, 3.05) is 31.5 Å². The number of anilines is 1. The molecule has 0 spiro atoms. The van der Waals surface area contributed by atoms with Gasteiger partial charge >= 0.3 is 6.03 Å². The molecule has 8 heteroatoms. The average molecular weight is 394 g/mol. The Kier molecular flexibility index (Phi) is 5.50. The molecule has 0 atom stereocenters. The van der Waals surface area contributed by atoms with Gasteiger partial charge in [0.15, 0.2) is 0 Å². The third kappa shape index (κ3) is 4.00. The number of sulfonamides is 1. The number of aryl methyl sites for hydroxylation is 1. The van der Waals surface area contributed by atoms with Crippen LogP contribution >= 0.6 is 11.6 Å². The number of carbonyl (C=O) groups excluding carboxylic acids is 1. The van der Waals surface area contributed by atoms with Crippen LogP contribution in [-0.2, 0) is 10.0 Å². The zero-order valence-electron chi connectivity index (χ0n) is 14.4. The van der Waals surface area contributed by atoms with E-state index >= 15 is 0 Å². The van der Waals surface area contributed by atoms with E-state index in [1.165, 1.54) is 4.31 Å². The van der Waals surface area contributed by atoms with Crippen LogP contribution in [-0.4, -0.2) is 49.8 Å². The van der Waals surface area contributed by atoms with Crippen molar-refractivity contribution < 1.29 is 13.2 Å². The number of rotatable bonds is 3. The highest BCUT2D eigenvalue weighted by atomic mass is 35.5. The summed E-state index contributed by atoms with van der Waals surface area (Å²) in [7, 11) is -3.52. The van der Waals surface area contributed by atoms with Gasteiger partial charge in [-0.2, -0.15) is 4.31 Å². The first-order chi connectivity index (χ1) is 12.4. The highest BCUT2D eigenvalue weighted by molar-refractivity contribution is 7.89.